The van der Waals surface area contributed by atoms with E-state index >= 15 is 4.39 Å². The number of carboxylic acid groups (broad SMARTS) is 1. The summed E-state index contributed by atoms with van der Waals surface area (Å²) in [5.74, 6) is -2.00. The molecule has 206 valence electrons. The fourth-order valence-electron chi connectivity index (χ4n) is 5.09. The van der Waals surface area contributed by atoms with Crippen LogP contribution in [0.4, 0.5) is 17.6 Å². The Bertz CT molecular complexity index is 1460. The fourth-order valence-corrected chi connectivity index (χ4v) is 5.09. The van der Waals surface area contributed by atoms with Crippen LogP contribution in [0.1, 0.15) is 55.0 Å². The van der Waals surface area contributed by atoms with Gasteiger partial charge in [-0.15, -0.1) is 13.2 Å². The molecule has 2 aromatic heterocycles. The molecule has 1 fully saturated rings. The molecule has 0 aliphatic heterocycles. The Kier molecular flexibility index (Phi) is 7.19. The van der Waals surface area contributed by atoms with Gasteiger partial charge in [-0.3, -0.25) is 14.0 Å². The summed E-state index contributed by atoms with van der Waals surface area (Å²) >= 11 is 0. The minimum Gasteiger partial charge on any atom is -0.487 e. The zero-order chi connectivity index (χ0) is 27.7. The zero-order valence-electron chi connectivity index (χ0n) is 20.9. The second-order valence-corrected chi connectivity index (χ2v) is 9.55. The molecule has 1 aliphatic carbocycles. The molecular formula is C27H26F4N4O4. The molecule has 2 heterocycles. The summed E-state index contributed by atoms with van der Waals surface area (Å²) in [4.78, 5) is 16.7. The lowest BCUT2D eigenvalue weighted by molar-refractivity contribution is -0.274. The van der Waals surface area contributed by atoms with Crippen LogP contribution >= 0.6 is 0 Å². The molecule has 0 amide bonds. The van der Waals surface area contributed by atoms with E-state index in [2.05, 4.69) is 14.8 Å². The van der Waals surface area contributed by atoms with E-state index in [1.807, 2.05) is 0 Å². The Balaban J connectivity index is 1.55. The van der Waals surface area contributed by atoms with Crippen molar-refractivity contribution in [1.29, 1.82) is 0 Å². The highest BCUT2D eigenvalue weighted by Gasteiger charge is 2.37. The van der Waals surface area contributed by atoms with E-state index < -0.39 is 36.2 Å². The molecule has 0 radical (unpaired) electrons. The van der Waals surface area contributed by atoms with Crippen LogP contribution in [-0.4, -0.2) is 36.8 Å². The van der Waals surface area contributed by atoms with Gasteiger partial charge in [-0.2, -0.15) is 5.10 Å². The molecule has 3 atom stereocenters. The Labute approximate surface area is 220 Å². The summed E-state index contributed by atoms with van der Waals surface area (Å²) in [6.07, 6.45) is -2.45. The van der Waals surface area contributed by atoms with Gasteiger partial charge in [-0.25, -0.2) is 9.37 Å². The maximum atomic E-state index is 16.3. The number of aliphatic carboxylic acids is 1. The van der Waals surface area contributed by atoms with E-state index in [1.54, 1.807) is 42.2 Å². The Hall–Kier alpha value is -4.09. The van der Waals surface area contributed by atoms with Crippen molar-refractivity contribution >= 4 is 17.0 Å². The second-order valence-electron chi connectivity index (χ2n) is 9.55. The molecule has 0 bridgehead atoms. The van der Waals surface area contributed by atoms with Crippen LogP contribution in [0.2, 0.25) is 0 Å². The number of carboxylic acids is 1. The predicted octanol–water partition coefficient (Wildman–Crippen LogP) is 6.12. The maximum Gasteiger partial charge on any atom is 0.573 e. The smallest absolute Gasteiger partial charge is 0.487 e. The quantitative estimate of drug-likeness (QED) is 0.268. The molecule has 0 spiro atoms. The number of rotatable bonds is 8. The van der Waals surface area contributed by atoms with Crippen LogP contribution in [0, 0.1) is 5.92 Å². The number of ether oxygens (including phenoxy) is 2. The zero-order valence-corrected chi connectivity index (χ0v) is 20.9. The van der Waals surface area contributed by atoms with E-state index in [1.165, 1.54) is 16.7 Å². The lowest BCUT2D eigenvalue weighted by Crippen LogP contribution is -2.28. The summed E-state index contributed by atoms with van der Waals surface area (Å²) in [5, 5.41) is 14.1. The number of halogens is 4. The Morgan fingerprint density at radius 3 is 2.49 bits per heavy atom. The first-order valence-electron chi connectivity index (χ1n) is 12.4. The average Bonchev–Trinajstić information content (AvgIpc) is 3.49. The van der Waals surface area contributed by atoms with Gasteiger partial charge in [-0.1, -0.05) is 25.0 Å². The SMILES string of the molecule is Cn1ccc(COc2ccc3nc([C@H]4CCCC[C@H]4C(=O)O)n(C(F)c4ccc(OC(F)(F)F)cc4)c3c2)n1. The van der Waals surface area contributed by atoms with Crippen molar-refractivity contribution in [3.8, 4) is 11.5 Å². The summed E-state index contributed by atoms with van der Waals surface area (Å²) in [5.41, 5.74) is 1.58. The standard InChI is InChI=1S/C27H26F4N4O4/c1-34-13-12-17(33-34)15-38-19-10-11-22-23(14-19)35(25(32-22)20-4-2-3-5-21(20)26(36)37)24(28)16-6-8-18(9-7-16)39-27(29,30)31/h6-14,20-21,24H,2-5,15H2,1H3,(H,36,37)/t20-,21+,24?/m0/s1. The van der Waals surface area contributed by atoms with Gasteiger partial charge in [0.25, 0.3) is 0 Å². The van der Waals surface area contributed by atoms with Gasteiger partial charge >= 0.3 is 12.3 Å². The molecule has 4 aromatic rings. The highest BCUT2D eigenvalue weighted by Crippen LogP contribution is 2.41. The number of hydrogen-bond donors (Lipinski definition) is 1. The number of alkyl halides is 4. The molecule has 1 unspecified atom stereocenters. The number of aromatic nitrogens is 4. The number of nitrogens with zero attached hydrogens (tertiary/aromatic N) is 4. The monoisotopic (exact) mass is 546 g/mol. The molecule has 1 aliphatic rings. The number of benzene rings is 2. The summed E-state index contributed by atoms with van der Waals surface area (Å²) < 4.78 is 66.8. The van der Waals surface area contributed by atoms with Crippen LogP contribution in [-0.2, 0) is 18.4 Å². The predicted molar refractivity (Wildman–Crippen MR) is 132 cm³/mol. The Morgan fingerprint density at radius 1 is 1.10 bits per heavy atom. The van der Waals surface area contributed by atoms with Crippen LogP contribution in [0.3, 0.4) is 0 Å². The number of aryl methyl sites for hydroxylation is 1. The van der Waals surface area contributed by atoms with Crippen molar-refractivity contribution in [2.75, 3.05) is 0 Å². The van der Waals surface area contributed by atoms with Crippen LogP contribution in [0.5, 0.6) is 11.5 Å². The highest BCUT2D eigenvalue weighted by atomic mass is 19.4. The number of fused-ring (bicyclic) bond motifs is 1. The Morgan fingerprint density at radius 2 is 1.82 bits per heavy atom. The van der Waals surface area contributed by atoms with E-state index in [0.717, 1.165) is 25.0 Å². The maximum absolute atomic E-state index is 16.3. The van der Waals surface area contributed by atoms with Crippen molar-refractivity contribution in [3.05, 3.63) is 71.8 Å². The van der Waals surface area contributed by atoms with Gasteiger partial charge in [0.1, 0.15) is 23.9 Å². The largest absolute Gasteiger partial charge is 0.573 e. The van der Waals surface area contributed by atoms with Crippen LogP contribution in [0.15, 0.2) is 54.7 Å². The third kappa shape index (κ3) is 5.84. The first-order chi connectivity index (χ1) is 18.6. The molecular weight excluding hydrogens is 520 g/mol. The topological polar surface area (TPSA) is 91.4 Å². The van der Waals surface area contributed by atoms with Crippen LogP contribution in [0.25, 0.3) is 11.0 Å². The molecule has 1 saturated carbocycles. The fraction of sp³-hybridized carbons (Fsp3) is 0.370. The summed E-state index contributed by atoms with van der Waals surface area (Å²) in [6.45, 7) is 0.177. The minimum atomic E-state index is -4.87. The van der Waals surface area contributed by atoms with Gasteiger partial charge in [0.05, 0.1) is 22.6 Å². The normalized spacial score (nSPS) is 18.7. The van der Waals surface area contributed by atoms with Crippen molar-refractivity contribution in [2.45, 2.75) is 50.9 Å². The van der Waals surface area contributed by atoms with Gasteiger partial charge in [0.2, 0.25) is 6.30 Å². The second kappa shape index (κ2) is 10.6. The average molecular weight is 547 g/mol. The third-order valence-electron chi connectivity index (χ3n) is 6.87. The lowest BCUT2D eigenvalue weighted by atomic mass is 9.78. The minimum absolute atomic E-state index is 0.0626. The van der Waals surface area contributed by atoms with Crippen molar-refractivity contribution in [2.24, 2.45) is 13.0 Å². The molecule has 5 rings (SSSR count). The number of imidazole rings is 1. The molecule has 0 saturated heterocycles. The highest BCUT2D eigenvalue weighted by molar-refractivity contribution is 5.79. The lowest BCUT2D eigenvalue weighted by Gasteiger charge is -2.29. The van der Waals surface area contributed by atoms with E-state index in [4.69, 9.17) is 4.74 Å². The third-order valence-corrected chi connectivity index (χ3v) is 6.87. The van der Waals surface area contributed by atoms with Crippen LogP contribution < -0.4 is 9.47 Å². The number of carbonyl (C=O) groups is 1. The first kappa shape index (κ1) is 26.5. The molecule has 1 N–H and O–H groups in total. The van der Waals surface area contributed by atoms with Gasteiger partial charge in [-0.05, 0) is 43.2 Å². The molecule has 8 nitrogen and oxygen atoms in total. The first-order valence-corrected chi connectivity index (χ1v) is 12.4. The van der Waals surface area contributed by atoms with Crippen molar-refractivity contribution in [3.63, 3.8) is 0 Å². The van der Waals surface area contributed by atoms with E-state index in [0.29, 0.717) is 35.3 Å². The van der Waals surface area contributed by atoms with E-state index in [-0.39, 0.29) is 18.0 Å². The van der Waals surface area contributed by atoms with E-state index in [9.17, 15) is 23.1 Å². The van der Waals surface area contributed by atoms with Gasteiger partial charge < -0.3 is 14.6 Å². The van der Waals surface area contributed by atoms with Gasteiger partial charge in [0, 0.05) is 30.8 Å². The summed E-state index contributed by atoms with van der Waals surface area (Å²) in [6, 6.07) is 11.3. The van der Waals surface area contributed by atoms with Crippen molar-refractivity contribution < 1.29 is 36.9 Å². The molecule has 39 heavy (non-hydrogen) atoms. The molecule has 12 heteroatoms. The molecule has 2 aromatic carbocycles. The van der Waals surface area contributed by atoms with Gasteiger partial charge in [0.15, 0.2) is 0 Å². The number of hydrogen-bond acceptors (Lipinski definition) is 5. The summed E-state index contributed by atoms with van der Waals surface area (Å²) in [7, 11) is 1.79. The van der Waals surface area contributed by atoms with Crippen molar-refractivity contribution in [1.82, 2.24) is 19.3 Å².